The van der Waals surface area contributed by atoms with Crippen LogP contribution in [0.2, 0.25) is 0 Å². The summed E-state index contributed by atoms with van der Waals surface area (Å²) in [6, 6.07) is 1.96. The van der Waals surface area contributed by atoms with Crippen molar-refractivity contribution in [2.75, 3.05) is 18.5 Å². The van der Waals surface area contributed by atoms with Gasteiger partial charge in [0.2, 0.25) is 0 Å². The van der Waals surface area contributed by atoms with E-state index in [9.17, 15) is 0 Å². The number of nitrogens with zero attached hydrogens (tertiary/aromatic N) is 1. The normalized spacial score (nSPS) is 9.69. The molecule has 1 aromatic heterocycles. The standard InChI is InChI=1S/C10H16N2O/c1-3-5-13-10-6-9(12-4-2)7-11-8-10/h6-8,12H,3-5H2,1-2H3. The molecule has 0 fully saturated rings. The van der Waals surface area contributed by atoms with Gasteiger partial charge in [0.15, 0.2) is 0 Å². The van der Waals surface area contributed by atoms with Crippen molar-refractivity contribution >= 4 is 5.69 Å². The Morgan fingerprint density at radius 2 is 2.23 bits per heavy atom. The number of ether oxygens (including phenoxy) is 1. The van der Waals surface area contributed by atoms with Crippen LogP contribution in [0.5, 0.6) is 5.75 Å². The molecule has 0 atom stereocenters. The van der Waals surface area contributed by atoms with Crippen LogP contribution in [0.15, 0.2) is 18.5 Å². The average Bonchev–Trinajstić information content (AvgIpc) is 2.16. The van der Waals surface area contributed by atoms with Crippen LogP contribution in [0, 0.1) is 0 Å². The van der Waals surface area contributed by atoms with E-state index in [-0.39, 0.29) is 0 Å². The smallest absolute Gasteiger partial charge is 0.139 e. The maximum atomic E-state index is 5.44. The zero-order valence-electron chi connectivity index (χ0n) is 8.21. The van der Waals surface area contributed by atoms with E-state index >= 15 is 0 Å². The van der Waals surface area contributed by atoms with Crippen molar-refractivity contribution in [1.82, 2.24) is 4.98 Å². The summed E-state index contributed by atoms with van der Waals surface area (Å²) in [5.74, 6) is 0.834. The molecule has 0 bridgehead atoms. The molecule has 3 nitrogen and oxygen atoms in total. The summed E-state index contributed by atoms with van der Waals surface area (Å²) < 4.78 is 5.44. The molecule has 13 heavy (non-hydrogen) atoms. The lowest BCUT2D eigenvalue weighted by molar-refractivity contribution is 0.316. The lowest BCUT2D eigenvalue weighted by Gasteiger charge is -2.06. The molecule has 0 radical (unpaired) electrons. The molecular weight excluding hydrogens is 164 g/mol. The Balaban J connectivity index is 2.56. The van der Waals surface area contributed by atoms with Crippen molar-refractivity contribution in [2.24, 2.45) is 0 Å². The molecule has 1 heterocycles. The highest BCUT2D eigenvalue weighted by atomic mass is 16.5. The van der Waals surface area contributed by atoms with E-state index in [1.54, 1.807) is 12.4 Å². The molecule has 0 aliphatic heterocycles. The average molecular weight is 180 g/mol. The summed E-state index contributed by atoms with van der Waals surface area (Å²) in [6.07, 6.45) is 4.55. The summed E-state index contributed by atoms with van der Waals surface area (Å²) in [5, 5.41) is 3.18. The molecule has 0 aliphatic rings. The van der Waals surface area contributed by atoms with Gasteiger partial charge in [0.25, 0.3) is 0 Å². The molecule has 0 saturated heterocycles. The molecule has 0 aliphatic carbocycles. The number of hydrogen-bond donors (Lipinski definition) is 1. The van der Waals surface area contributed by atoms with Gasteiger partial charge in [0.1, 0.15) is 5.75 Å². The van der Waals surface area contributed by atoms with Gasteiger partial charge in [0, 0.05) is 12.6 Å². The Kier molecular flexibility index (Phi) is 4.09. The first kappa shape index (κ1) is 9.84. The van der Waals surface area contributed by atoms with Gasteiger partial charge in [-0.15, -0.1) is 0 Å². The zero-order chi connectivity index (χ0) is 9.52. The van der Waals surface area contributed by atoms with Crippen LogP contribution in [-0.4, -0.2) is 18.1 Å². The van der Waals surface area contributed by atoms with Gasteiger partial charge >= 0.3 is 0 Å². The highest BCUT2D eigenvalue weighted by Gasteiger charge is 1.95. The Hall–Kier alpha value is -1.25. The van der Waals surface area contributed by atoms with Crippen LogP contribution in [0.3, 0.4) is 0 Å². The minimum atomic E-state index is 0.747. The van der Waals surface area contributed by atoms with Gasteiger partial charge in [-0.1, -0.05) is 6.92 Å². The Morgan fingerprint density at radius 3 is 2.92 bits per heavy atom. The number of nitrogens with one attached hydrogen (secondary N) is 1. The van der Waals surface area contributed by atoms with E-state index in [1.165, 1.54) is 0 Å². The molecular formula is C10H16N2O. The number of hydrogen-bond acceptors (Lipinski definition) is 3. The van der Waals surface area contributed by atoms with Crippen LogP contribution in [0.4, 0.5) is 5.69 Å². The second kappa shape index (κ2) is 5.41. The first-order chi connectivity index (χ1) is 6.36. The van der Waals surface area contributed by atoms with E-state index in [1.807, 2.05) is 6.07 Å². The molecule has 72 valence electrons. The molecule has 0 saturated carbocycles. The van der Waals surface area contributed by atoms with Gasteiger partial charge in [-0.25, -0.2) is 0 Å². The van der Waals surface area contributed by atoms with E-state index in [0.717, 1.165) is 31.0 Å². The van der Waals surface area contributed by atoms with E-state index in [2.05, 4.69) is 24.1 Å². The quantitative estimate of drug-likeness (QED) is 0.755. The summed E-state index contributed by atoms with van der Waals surface area (Å²) in [4.78, 5) is 4.07. The monoisotopic (exact) mass is 180 g/mol. The summed E-state index contributed by atoms with van der Waals surface area (Å²) in [7, 11) is 0. The van der Waals surface area contributed by atoms with Crippen LogP contribution in [0.1, 0.15) is 20.3 Å². The fourth-order valence-corrected chi connectivity index (χ4v) is 1.02. The SMILES string of the molecule is CCCOc1cncc(NCC)c1. The minimum absolute atomic E-state index is 0.747. The van der Waals surface area contributed by atoms with Crippen molar-refractivity contribution in [1.29, 1.82) is 0 Å². The van der Waals surface area contributed by atoms with E-state index in [0.29, 0.717) is 0 Å². The summed E-state index contributed by atoms with van der Waals surface area (Å²) >= 11 is 0. The van der Waals surface area contributed by atoms with Gasteiger partial charge in [-0.2, -0.15) is 0 Å². The second-order valence-electron chi connectivity index (χ2n) is 2.79. The van der Waals surface area contributed by atoms with Crippen molar-refractivity contribution < 1.29 is 4.74 Å². The Morgan fingerprint density at radius 1 is 1.38 bits per heavy atom. The topological polar surface area (TPSA) is 34.1 Å². The third kappa shape index (κ3) is 3.32. The zero-order valence-corrected chi connectivity index (χ0v) is 8.21. The molecule has 0 amide bonds. The Labute approximate surface area is 79.1 Å². The first-order valence-electron chi connectivity index (χ1n) is 4.68. The molecule has 3 heteroatoms. The molecule has 0 unspecified atom stereocenters. The number of rotatable bonds is 5. The van der Waals surface area contributed by atoms with Gasteiger partial charge in [-0.3, -0.25) is 4.98 Å². The third-order valence-electron chi connectivity index (χ3n) is 1.57. The highest BCUT2D eigenvalue weighted by molar-refractivity contribution is 5.44. The first-order valence-corrected chi connectivity index (χ1v) is 4.68. The van der Waals surface area contributed by atoms with Crippen molar-refractivity contribution in [2.45, 2.75) is 20.3 Å². The van der Waals surface area contributed by atoms with Crippen LogP contribution in [0.25, 0.3) is 0 Å². The molecule has 1 aromatic rings. The van der Waals surface area contributed by atoms with Crippen molar-refractivity contribution in [3.8, 4) is 5.75 Å². The lowest BCUT2D eigenvalue weighted by atomic mass is 10.4. The van der Waals surface area contributed by atoms with Crippen molar-refractivity contribution in [3.05, 3.63) is 18.5 Å². The molecule has 1 rings (SSSR count). The Bertz CT molecular complexity index is 250. The number of aromatic nitrogens is 1. The number of anilines is 1. The predicted octanol–water partition coefficient (Wildman–Crippen LogP) is 2.30. The van der Waals surface area contributed by atoms with Gasteiger partial charge in [-0.05, 0) is 13.3 Å². The largest absolute Gasteiger partial charge is 0.492 e. The van der Waals surface area contributed by atoms with Gasteiger partial charge < -0.3 is 10.1 Å². The fourth-order valence-electron chi connectivity index (χ4n) is 1.02. The maximum absolute atomic E-state index is 5.44. The maximum Gasteiger partial charge on any atom is 0.139 e. The van der Waals surface area contributed by atoms with Crippen LogP contribution in [-0.2, 0) is 0 Å². The molecule has 1 N–H and O–H groups in total. The summed E-state index contributed by atoms with van der Waals surface area (Å²) in [6.45, 7) is 5.79. The minimum Gasteiger partial charge on any atom is -0.492 e. The lowest BCUT2D eigenvalue weighted by Crippen LogP contribution is -1.99. The van der Waals surface area contributed by atoms with E-state index < -0.39 is 0 Å². The molecule has 0 spiro atoms. The fraction of sp³-hybridized carbons (Fsp3) is 0.500. The molecule has 0 aromatic carbocycles. The second-order valence-corrected chi connectivity index (χ2v) is 2.79. The van der Waals surface area contributed by atoms with Crippen LogP contribution >= 0.6 is 0 Å². The van der Waals surface area contributed by atoms with Crippen molar-refractivity contribution in [3.63, 3.8) is 0 Å². The third-order valence-corrected chi connectivity index (χ3v) is 1.57. The van der Waals surface area contributed by atoms with E-state index in [4.69, 9.17) is 4.74 Å². The van der Waals surface area contributed by atoms with Gasteiger partial charge in [0.05, 0.1) is 24.7 Å². The highest BCUT2D eigenvalue weighted by Crippen LogP contribution is 2.14. The predicted molar refractivity (Wildman–Crippen MR) is 54.2 cm³/mol. The number of pyridine rings is 1. The van der Waals surface area contributed by atoms with Crippen LogP contribution < -0.4 is 10.1 Å². The summed E-state index contributed by atoms with van der Waals surface area (Å²) in [5.41, 5.74) is 1.01.